The van der Waals surface area contributed by atoms with Gasteiger partial charge in [0.25, 0.3) is 0 Å². The highest BCUT2D eigenvalue weighted by Gasteiger charge is 2.46. The molecule has 0 saturated heterocycles. The van der Waals surface area contributed by atoms with E-state index in [9.17, 15) is 52.8 Å². The van der Waals surface area contributed by atoms with Crippen LogP contribution in [0, 0.1) is 5.41 Å². The van der Waals surface area contributed by atoms with Gasteiger partial charge in [-0.3, -0.25) is 0 Å². The molecule has 0 aliphatic rings. The van der Waals surface area contributed by atoms with Gasteiger partial charge < -0.3 is 0 Å². The Morgan fingerprint density at radius 2 is 1.00 bits per heavy atom. The first-order valence-electron chi connectivity index (χ1n) is 8.16. The lowest BCUT2D eigenvalue weighted by atomic mass is 9.90. The van der Waals surface area contributed by atoms with Gasteiger partial charge in [-0.15, -0.1) is 4.94 Å². The summed E-state index contributed by atoms with van der Waals surface area (Å²) in [7, 11) is 0. The second kappa shape index (κ2) is 17.6. The third-order valence-corrected chi connectivity index (χ3v) is 2.70. The van der Waals surface area contributed by atoms with Crippen molar-refractivity contribution in [1.82, 2.24) is 0 Å². The molecule has 0 saturated carbocycles. The average molecular weight is 488 g/mol. The van der Waals surface area contributed by atoms with Crippen molar-refractivity contribution in [2.45, 2.75) is 91.9 Å². The van der Waals surface area contributed by atoms with Crippen molar-refractivity contribution in [3.8, 4) is 0 Å². The maximum atomic E-state index is 11.8. The molecule has 0 radical (unpaired) electrons. The van der Waals surface area contributed by atoms with E-state index < -0.39 is 42.9 Å². The topological polar surface area (TPSA) is 9.23 Å². The summed E-state index contributed by atoms with van der Waals surface area (Å²) in [5.74, 6) is 0. The molecule has 0 amide bonds. The number of alkyl halides is 11. The van der Waals surface area contributed by atoms with Gasteiger partial charge in [0.15, 0.2) is 0 Å². The lowest BCUT2D eigenvalue weighted by Crippen LogP contribution is -2.30. The molecular formula is C15H26F14O. The Balaban J connectivity index is -0.0000000969. The second-order valence-electron chi connectivity index (χ2n) is 5.61. The molecule has 0 fully saturated rings. The van der Waals surface area contributed by atoms with Gasteiger partial charge in [0, 0.05) is 15.6 Å². The minimum atomic E-state index is -5.13. The van der Waals surface area contributed by atoms with Gasteiger partial charge in [0.05, 0.1) is 5.41 Å². The van der Waals surface area contributed by atoms with E-state index in [1.165, 1.54) is 27.7 Å². The molecule has 190 valence electrons. The van der Waals surface area contributed by atoms with Crippen molar-refractivity contribution < 1.29 is 66.9 Å². The molecule has 0 aromatic rings. The molecule has 0 unspecified atom stereocenters. The van der Waals surface area contributed by atoms with Crippen LogP contribution in [-0.4, -0.2) is 24.6 Å². The number of halogens is 14. The Morgan fingerprint density at radius 1 is 0.667 bits per heavy atom. The van der Waals surface area contributed by atoms with E-state index in [4.69, 9.17) is 9.15 Å². The summed E-state index contributed by atoms with van der Waals surface area (Å²) in [5.41, 5.74) is -1.52. The van der Waals surface area contributed by atoms with E-state index in [-0.39, 0.29) is 12.8 Å². The van der Waals surface area contributed by atoms with Crippen LogP contribution in [0.2, 0.25) is 0 Å². The van der Waals surface area contributed by atoms with Gasteiger partial charge >= 0.3 is 24.6 Å². The monoisotopic (exact) mass is 488 g/mol. The van der Waals surface area contributed by atoms with Crippen LogP contribution in [0.3, 0.4) is 0 Å². The zero-order chi connectivity index (χ0) is 26.0. The third kappa shape index (κ3) is 31.7. The molecule has 0 aliphatic carbocycles. The number of rotatable bonds is 4. The highest BCUT2D eigenvalue weighted by molar-refractivity contribution is 4.74. The lowest BCUT2D eigenvalue weighted by Gasteiger charge is -2.25. The minimum absolute atomic E-state index is 0.135. The van der Waals surface area contributed by atoms with E-state index >= 15 is 0 Å². The summed E-state index contributed by atoms with van der Waals surface area (Å²) in [6, 6.07) is 0. The molecule has 0 bridgehead atoms. The number of hydrogen-bond donors (Lipinski definition) is 0. The van der Waals surface area contributed by atoms with Crippen molar-refractivity contribution in [3.05, 3.63) is 0 Å². The standard InChI is InChI=1S/C6H11F3.C4H7F3.C3H2F6O.C2H6.F2/c1-4-5(2,3)6(7,8)9;1-2-3-4(5,6)7;4-2(5,6)1-3(7,8)10-9;2*1-2/h4H2,1-3H3;2-3H2,1H3;1H2;1-2H3;. The van der Waals surface area contributed by atoms with E-state index in [0.29, 0.717) is 0 Å². The molecule has 0 aromatic heterocycles. The summed E-state index contributed by atoms with van der Waals surface area (Å²) < 4.78 is 151. The van der Waals surface area contributed by atoms with E-state index in [1.807, 2.05) is 13.8 Å². The molecular weight excluding hydrogens is 462 g/mol. The fraction of sp³-hybridized carbons (Fsp3) is 1.00. The van der Waals surface area contributed by atoms with Crippen LogP contribution in [0.15, 0.2) is 0 Å². The predicted octanol–water partition coefficient (Wildman–Crippen LogP) is 9.63. The first-order valence-corrected chi connectivity index (χ1v) is 8.16. The van der Waals surface area contributed by atoms with Crippen LogP contribution in [0.5, 0.6) is 0 Å². The van der Waals surface area contributed by atoms with Gasteiger partial charge in [0.2, 0.25) is 0 Å². The van der Waals surface area contributed by atoms with Crippen LogP contribution in [0.1, 0.15) is 67.2 Å². The molecule has 15 heteroatoms. The average Bonchev–Trinajstić information content (AvgIpc) is 2.55. The van der Waals surface area contributed by atoms with Crippen LogP contribution < -0.4 is 0 Å². The van der Waals surface area contributed by atoms with Crippen molar-refractivity contribution in [2.24, 2.45) is 5.41 Å². The zero-order valence-corrected chi connectivity index (χ0v) is 17.0. The Bertz CT molecular complexity index is 358. The molecule has 0 rings (SSSR count). The summed E-state index contributed by atoms with van der Waals surface area (Å²) in [6.45, 7) is 9.45. The summed E-state index contributed by atoms with van der Waals surface area (Å²) in [5, 5.41) is 0. The maximum Gasteiger partial charge on any atom is 0.397 e. The van der Waals surface area contributed by atoms with Crippen molar-refractivity contribution >= 4 is 0 Å². The normalized spacial score (nSPS) is 12.0. The van der Waals surface area contributed by atoms with Crippen molar-refractivity contribution in [2.75, 3.05) is 0 Å². The smallest absolute Gasteiger partial charge is 0.173 e. The zero-order valence-electron chi connectivity index (χ0n) is 17.0. The molecule has 0 aliphatic heterocycles. The molecule has 1 nitrogen and oxygen atoms in total. The van der Waals surface area contributed by atoms with Crippen molar-refractivity contribution in [1.29, 1.82) is 0 Å². The van der Waals surface area contributed by atoms with Crippen LogP contribution >= 0.6 is 0 Å². The van der Waals surface area contributed by atoms with E-state index in [0.717, 1.165) is 0 Å². The first kappa shape index (κ1) is 39.5. The molecule has 0 aromatic carbocycles. The van der Waals surface area contributed by atoms with Gasteiger partial charge in [0.1, 0.15) is 6.42 Å². The molecule has 0 N–H and O–H groups in total. The fourth-order valence-electron chi connectivity index (χ4n) is 0.745. The van der Waals surface area contributed by atoms with E-state index in [1.54, 1.807) is 4.94 Å². The Hall–Kier alpha value is -1.02. The van der Waals surface area contributed by atoms with Crippen molar-refractivity contribution in [3.63, 3.8) is 0 Å². The summed E-state index contributed by atoms with van der Waals surface area (Å²) >= 11 is 0. The summed E-state index contributed by atoms with van der Waals surface area (Å²) in [6.07, 6.45) is -20.9. The Kier molecular flexibility index (Phi) is 23.2. The third-order valence-electron chi connectivity index (χ3n) is 2.70. The van der Waals surface area contributed by atoms with Gasteiger partial charge in [-0.25, -0.2) is 0 Å². The van der Waals surface area contributed by atoms with Gasteiger partial charge in [-0.05, 0) is 17.4 Å². The molecule has 0 atom stereocenters. The predicted molar refractivity (Wildman–Crippen MR) is 82.5 cm³/mol. The highest BCUT2D eigenvalue weighted by atomic mass is 20.0. The lowest BCUT2D eigenvalue weighted by molar-refractivity contribution is -0.379. The maximum absolute atomic E-state index is 11.8. The molecule has 0 heterocycles. The second-order valence-corrected chi connectivity index (χ2v) is 5.61. The van der Waals surface area contributed by atoms with Gasteiger partial charge in [-0.1, -0.05) is 41.5 Å². The Labute approximate surface area is 165 Å². The highest BCUT2D eigenvalue weighted by Crippen LogP contribution is 2.39. The fourth-order valence-corrected chi connectivity index (χ4v) is 0.745. The van der Waals surface area contributed by atoms with Gasteiger partial charge in [-0.2, -0.15) is 48.3 Å². The van der Waals surface area contributed by atoms with Crippen LogP contribution in [-0.2, 0) is 4.94 Å². The molecule has 30 heavy (non-hydrogen) atoms. The molecule has 0 spiro atoms. The van der Waals surface area contributed by atoms with E-state index in [2.05, 4.69) is 0 Å². The Morgan fingerprint density at radius 3 is 1.03 bits per heavy atom. The minimum Gasteiger partial charge on any atom is -0.173 e. The quantitative estimate of drug-likeness (QED) is 0.358. The van der Waals surface area contributed by atoms with Crippen LogP contribution in [0.4, 0.5) is 62.0 Å². The summed E-state index contributed by atoms with van der Waals surface area (Å²) in [4.78, 5) is 1.76. The SMILES string of the molecule is CC.CCC(C)(C)C(F)(F)F.CCCC(F)(F)F.FF.FOC(F)(F)CC(F)(F)F. The first-order chi connectivity index (χ1) is 13.1. The largest absolute Gasteiger partial charge is 0.397 e. The van der Waals surface area contributed by atoms with Crippen LogP contribution in [0.25, 0.3) is 0 Å². The number of hydrogen-bond acceptors (Lipinski definition) is 1.